The summed E-state index contributed by atoms with van der Waals surface area (Å²) >= 11 is 0. The molecule has 3 N–H and O–H groups in total. The maximum atomic E-state index is 12.8. The molecule has 27 heavy (non-hydrogen) atoms. The van der Waals surface area contributed by atoms with Gasteiger partial charge in [0.1, 0.15) is 17.8 Å². The van der Waals surface area contributed by atoms with Crippen molar-refractivity contribution in [1.82, 2.24) is 25.1 Å². The lowest BCUT2D eigenvalue weighted by molar-refractivity contribution is -0.137. The molecule has 10 heteroatoms. The van der Waals surface area contributed by atoms with Gasteiger partial charge >= 0.3 is 6.18 Å². The lowest BCUT2D eigenvalue weighted by Gasteiger charge is -2.23. The maximum absolute atomic E-state index is 12.8. The van der Waals surface area contributed by atoms with Gasteiger partial charge in [0.15, 0.2) is 5.65 Å². The van der Waals surface area contributed by atoms with Crippen LogP contribution in [0.3, 0.4) is 0 Å². The van der Waals surface area contributed by atoms with E-state index in [0.717, 1.165) is 38.1 Å². The standard InChI is InChI=1S/C17H17F3N6.ClH/c18-17(19,20)11-5-3-10(4-6-11)14-13-15(21)23-9-24-16(13)26(25-14)12-2-1-7-22-8-12;/h3-6,9,12,22H,1-2,7-8H2,(H2,21,23,24);1H/t12-;/m1./s1. The van der Waals surface area contributed by atoms with Crippen molar-refractivity contribution in [2.45, 2.75) is 25.1 Å². The zero-order valence-electron chi connectivity index (χ0n) is 14.2. The molecule has 4 rings (SSSR count). The number of hydrogen-bond acceptors (Lipinski definition) is 5. The first kappa shape index (κ1) is 19.4. The van der Waals surface area contributed by atoms with Crippen molar-refractivity contribution < 1.29 is 13.2 Å². The van der Waals surface area contributed by atoms with Crippen molar-refractivity contribution in [3.05, 3.63) is 36.2 Å². The molecule has 0 spiro atoms. The van der Waals surface area contributed by atoms with E-state index in [-0.39, 0.29) is 24.3 Å². The van der Waals surface area contributed by atoms with Crippen LogP contribution in [-0.2, 0) is 6.18 Å². The molecular weight excluding hydrogens is 381 g/mol. The number of nitrogen functional groups attached to an aromatic ring is 1. The van der Waals surface area contributed by atoms with E-state index in [1.165, 1.54) is 18.5 Å². The van der Waals surface area contributed by atoms with E-state index < -0.39 is 11.7 Å². The molecule has 1 atom stereocenters. The van der Waals surface area contributed by atoms with Crippen molar-refractivity contribution in [2.24, 2.45) is 0 Å². The van der Waals surface area contributed by atoms with Gasteiger partial charge in [-0.3, -0.25) is 0 Å². The molecule has 3 aromatic rings. The SMILES string of the molecule is Cl.Nc1ncnc2c1c(-c1ccc(C(F)(F)F)cc1)nn2[C@@H]1CCCNC1. The lowest BCUT2D eigenvalue weighted by atomic mass is 10.1. The Morgan fingerprint density at radius 3 is 2.52 bits per heavy atom. The third-order valence-electron chi connectivity index (χ3n) is 4.62. The Morgan fingerprint density at radius 1 is 1.15 bits per heavy atom. The van der Waals surface area contributed by atoms with Crippen LogP contribution in [0.15, 0.2) is 30.6 Å². The molecule has 0 saturated carbocycles. The van der Waals surface area contributed by atoms with Crippen molar-refractivity contribution in [2.75, 3.05) is 18.8 Å². The summed E-state index contributed by atoms with van der Waals surface area (Å²) in [7, 11) is 0. The van der Waals surface area contributed by atoms with E-state index in [1.807, 2.05) is 4.68 Å². The normalized spacial score (nSPS) is 17.7. The molecule has 0 bridgehead atoms. The summed E-state index contributed by atoms with van der Waals surface area (Å²) in [5, 5.41) is 8.54. The highest BCUT2D eigenvalue weighted by molar-refractivity contribution is 5.98. The number of nitrogens with two attached hydrogens (primary N) is 1. The zero-order chi connectivity index (χ0) is 18.3. The third-order valence-corrected chi connectivity index (χ3v) is 4.62. The van der Waals surface area contributed by atoms with Crippen LogP contribution in [-0.4, -0.2) is 32.8 Å². The summed E-state index contributed by atoms with van der Waals surface area (Å²) in [5.41, 5.74) is 6.98. The highest BCUT2D eigenvalue weighted by atomic mass is 35.5. The van der Waals surface area contributed by atoms with Gasteiger partial charge in [0.25, 0.3) is 0 Å². The van der Waals surface area contributed by atoms with Crippen LogP contribution < -0.4 is 11.1 Å². The van der Waals surface area contributed by atoms with Crippen molar-refractivity contribution >= 4 is 29.3 Å². The summed E-state index contributed by atoms with van der Waals surface area (Å²) in [6.45, 7) is 1.71. The van der Waals surface area contributed by atoms with Gasteiger partial charge < -0.3 is 11.1 Å². The van der Waals surface area contributed by atoms with Crippen LogP contribution in [0.1, 0.15) is 24.4 Å². The molecule has 2 aromatic heterocycles. The summed E-state index contributed by atoms with van der Waals surface area (Å²) in [6.07, 6.45) is -1.04. The summed E-state index contributed by atoms with van der Waals surface area (Å²) in [5.74, 6) is 0.264. The fraction of sp³-hybridized carbons (Fsp3) is 0.353. The average molecular weight is 399 g/mol. The molecule has 3 heterocycles. The minimum Gasteiger partial charge on any atom is -0.383 e. The monoisotopic (exact) mass is 398 g/mol. The number of fused-ring (bicyclic) bond motifs is 1. The van der Waals surface area contributed by atoms with Gasteiger partial charge in [-0.1, -0.05) is 12.1 Å². The first-order valence-electron chi connectivity index (χ1n) is 8.32. The smallest absolute Gasteiger partial charge is 0.383 e. The third kappa shape index (κ3) is 3.57. The van der Waals surface area contributed by atoms with Gasteiger partial charge in [-0.05, 0) is 31.5 Å². The molecule has 1 aliphatic heterocycles. The Bertz CT molecular complexity index is 932. The second kappa shape index (κ2) is 7.32. The molecule has 1 aliphatic rings. The Kier molecular flexibility index (Phi) is 5.25. The Morgan fingerprint density at radius 2 is 1.89 bits per heavy atom. The topological polar surface area (TPSA) is 81.7 Å². The summed E-state index contributed by atoms with van der Waals surface area (Å²) in [6, 6.07) is 5.01. The Labute approximate surface area is 159 Å². The summed E-state index contributed by atoms with van der Waals surface area (Å²) < 4.78 is 40.3. The fourth-order valence-electron chi connectivity index (χ4n) is 3.31. The number of aromatic nitrogens is 4. The minimum absolute atomic E-state index is 0. The predicted molar refractivity (Wildman–Crippen MR) is 98.6 cm³/mol. The van der Waals surface area contributed by atoms with Crippen LogP contribution >= 0.6 is 12.4 Å². The van der Waals surface area contributed by atoms with Crippen molar-refractivity contribution in [1.29, 1.82) is 0 Å². The van der Waals surface area contributed by atoms with Crippen LogP contribution in [0.4, 0.5) is 19.0 Å². The van der Waals surface area contributed by atoms with E-state index in [1.54, 1.807) is 0 Å². The van der Waals surface area contributed by atoms with E-state index in [4.69, 9.17) is 5.73 Å². The number of nitrogens with one attached hydrogen (secondary N) is 1. The predicted octanol–water partition coefficient (Wildman–Crippen LogP) is 3.44. The first-order chi connectivity index (χ1) is 12.4. The number of alkyl halides is 3. The number of nitrogens with zero attached hydrogens (tertiary/aromatic N) is 4. The Hall–Kier alpha value is -2.39. The number of halogens is 4. The number of hydrogen-bond donors (Lipinski definition) is 2. The molecule has 1 fully saturated rings. The van der Waals surface area contributed by atoms with E-state index in [2.05, 4.69) is 20.4 Å². The first-order valence-corrected chi connectivity index (χ1v) is 8.32. The van der Waals surface area contributed by atoms with Crippen molar-refractivity contribution in [3.8, 4) is 11.3 Å². The maximum Gasteiger partial charge on any atom is 0.416 e. The molecule has 0 radical (unpaired) electrons. The van der Waals surface area contributed by atoms with E-state index >= 15 is 0 Å². The van der Waals surface area contributed by atoms with E-state index in [9.17, 15) is 13.2 Å². The number of piperidine rings is 1. The highest BCUT2D eigenvalue weighted by Gasteiger charge is 2.30. The molecule has 1 saturated heterocycles. The molecule has 0 unspecified atom stereocenters. The lowest BCUT2D eigenvalue weighted by Crippen LogP contribution is -2.32. The van der Waals surface area contributed by atoms with Gasteiger partial charge in [0, 0.05) is 12.1 Å². The second-order valence-electron chi connectivity index (χ2n) is 6.33. The highest BCUT2D eigenvalue weighted by Crippen LogP contribution is 2.35. The summed E-state index contributed by atoms with van der Waals surface area (Å²) in [4.78, 5) is 8.35. The van der Waals surface area contributed by atoms with Gasteiger partial charge in [0.2, 0.25) is 0 Å². The average Bonchev–Trinajstić information content (AvgIpc) is 3.03. The Balaban J connectivity index is 0.00000210. The van der Waals surface area contributed by atoms with Gasteiger partial charge in [-0.15, -0.1) is 12.4 Å². The van der Waals surface area contributed by atoms with Crippen LogP contribution in [0.5, 0.6) is 0 Å². The quantitative estimate of drug-likeness (QED) is 0.691. The van der Waals surface area contributed by atoms with E-state index in [0.29, 0.717) is 22.3 Å². The van der Waals surface area contributed by atoms with Gasteiger partial charge in [-0.2, -0.15) is 18.3 Å². The van der Waals surface area contributed by atoms with Gasteiger partial charge in [-0.25, -0.2) is 14.6 Å². The number of rotatable bonds is 2. The van der Waals surface area contributed by atoms with Gasteiger partial charge in [0.05, 0.1) is 17.0 Å². The van der Waals surface area contributed by atoms with Crippen LogP contribution in [0.25, 0.3) is 22.3 Å². The molecule has 1 aromatic carbocycles. The molecule has 0 amide bonds. The second-order valence-corrected chi connectivity index (χ2v) is 6.33. The van der Waals surface area contributed by atoms with Crippen LogP contribution in [0, 0.1) is 0 Å². The molecule has 0 aliphatic carbocycles. The van der Waals surface area contributed by atoms with Crippen molar-refractivity contribution in [3.63, 3.8) is 0 Å². The largest absolute Gasteiger partial charge is 0.416 e. The number of benzene rings is 1. The molecule has 144 valence electrons. The molecular formula is C17H18ClF3N6. The molecule has 6 nitrogen and oxygen atoms in total. The number of anilines is 1. The zero-order valence-corrected chi connectivity index (χ0v) is 15.0. The van der Waals surface area contributed by atoms with Crippen LogP contribution in [0.2, 0.25) is 0 Å². The minimum atomic E-state index is -4.38. The fourth-order valence-corrected chi connectivity index (χ4v) is 3.31.